The molecule has 1 aliphatic heterocycles. The summed E-state index contributed by atoms with van der Waals surface area (Å²) in [5.74, 6) is 0.0262. The highest BCUT2D eigenvalue weighted by molar-refractivity contribution is 5.87. The van der Waals surface area contributed by atoms with E-state index in [4.69, 9.17) is 0 Å². The first kappa shape index (κ1) is 12.0. The van der Waals surface area contributed by atoms with Crippen LogP contribution in [-0.2, 0) is 9.59 Å². The summed E-state index contributed by atoms with van der Waals surface area (Å²) in [6.45, 7) is 5.02. The molecule has 1 aliphatic rings. The minimum Gasteiger partial charge on any atom is -0.347 e. The Morgan fingerprint density at radius 2 is 2.13 bits per heavy atom. The Labute approximate surface area is 91.0 Å². The van der Waals surface area contributed by atoms with Crippen LogP contribution in [0, 0.1) is 0 Å². The molecule has 4 nitrogen and oxygen atoms in total. The highest BCUT2D eigenvalue weighted by Crippen LogP contribution is 2.09. The van der Waals surface area contributed by atoms with Crippen molar-refractivity contribution in [2.24, 2.45) is 0 Å². The van der Waals surface area contributed by atoms with Gasteiger partial charge in [-0.05, 0) is 13.3 Å². The van der Waals surface area contributed by atoms with Gasteiger partial charge in [0.15, 0.2) is 0 Å². The van der Waals surface area contributed by atoms with Gasteiger partial charge in [-0.25, -0.2) is 0 Å². The zero-order valence-electron chi connectivity index (χ0n) is 9.58. The molecule has 86 valence electrons. The van der Waals surface area contributed by atoms with Crippen molar-refractivity contribution < 1.29 is 9.59 Å². The summed E-state index contributed by atoms with van der Waals surface area (Å²) in [4.78, 5) is 24.7. The van der Waals surface area contributed by atoms with Gasteiger partial charge in [-0.15, -0.1) is 0 Å². The van der Waals surface area contributed by atoms with Crippen LogP contribution in [0.3, 0.4) is 0 Å². The van der Waals surface area contributed by atoms with Gasteiger partial charge in [0.25, 0.3) is 0 Å². The molecular weight excluding hydrogens is 192 g/mol. The number of amides is 2. The maximum absolute atomic E-state index is 11.7. The number of nitrogens with zero attached hydrogens (tertiary/aromatic N) is 1. The molecule has 0 saturated carbocycles. The van der Waals surface area contributed by atoms with E-state index < -0.39 is 0 Å². The third-order valence-electron chi connectivity index (χ3n) is 2.77. The van der Waals surface area contributed by atoms with Crippen molar-refractivity contribution in [3.63, 3.8) is 0 Å². The first-order valence-electron chi connectivity index (χ1n) is 5.71. The van der Waals surface area contributed by atoms with Crippen LogP contribution in [0.15, 0.2) is 0 Å². The van der Waals surface area contributed by atoms with Crippen molar-refractivity contribution in [1.29, 1.82) is 0 Å². The largest absolute Gasteiger partial charge is 0.347 e. The van der Waals surface area contributed by atoms with Gasteiger partial charge >= 0.3 is 0 Å². The molecule has 1 fully saturated rings. The lowest BCUT2D eigenvalue weighted by molar-refractivity contribution is -0.131. The third-order valence-corrected chi connectivity index (χ3v) is 2.77. The second-order valence-corrected chi connectivity index (χ2v) is 4.12. The number of hydrogen-bond donors (Lipinski definition) is 1. The number of rotatable bonds is 4. The van der Waals surface area contributed by atoms with Crippen molar-refractivity contribution in [2.75, 3.05) is 13.1 Å². The summed E-state index contributed by atoms with van der Waals surface area (Å²) in [7, 11) is 0. The van der Waals surface area contributed by atoms with Crippen LogP contribution in [0.4, 0.5) is 0 Å². The number of hydrogen-bond acceptors (Lipinski definition) is 2. The molecule has 1 N–H and O–H groups in total. The number of nitrogens with one attached hydrogen (secondary N) is 1. The summed E-state index contributed by atoms with van der Waals surface area (Å²) < 4.78 is 0. The number of carbonyl (C=O) groups excluding carboxylic acids is 2. The Kier molecular flexibility index (Phi) is 4.59. The van der Waals surface area contributed by atoms with Gasteiger partial charge in [0.2, 0.25) is 11.8 Å². The van der Waals surface area contributed by atoms with Crippen LogP contribution in [0.25, 0.3) is 0 Å². The highest BCUT2D eigenvalue weighted by Gasteiger charge is 2.25. The molecule has 1 unspecified atom stereocenters. The van der Waals surface area contributed by atoms with Crippen LogP contribution < -0.4 is 5.32 Å². The molecule has 1 saturated heterocycles. The van der Waals surface area contributed by atoms with Gasteiger partial charge in [-0.3, -0.25) is 9.59 Å². The minimum atomic E-state index is -0.0196. The first-order chi connectivity index (χ1) is 7.15. The zero-order chi connectivity index (χ0) is 11.3. The highest BCUT2D eigenvalue weighted by atomic mass is 16.2. The smallest absolute Gasteiger partial charge is 0.242 e. The van der Waals surface area contributed by atoms with E-state index in [-0.39, 0.29) is 24.4 Å². The van der Waals surface area contributed by atoms with Gasteiger partial charge in [-0.2, -0.15) is 0 Å². The molecule has 1 atom stereocenters. The first-order valence-corrected chi connectivity index (χ1v) is 5.71. The summed E-state index contributed by atoms with van der Waals surface area (Å²) in [6.07, 6.45) is 3.74. The van der Waals surface area contributed by atoms with E-state index in [1.54, 1.807) is 0 Å². The van der Waals surface area contributed by atoms with E-state index >= 15 is 0 Å². The lowest BCUT2D eigenvalue weighted by Gasteiger charge is -2.26. The Morgan fingerprint density at radius 3 is 2.80 bits per heavy atom. The van der Waals surface area contributed by atoms with Crippen molar-refractivity contribution in [1.82, 2.24) is 10.2 Å². The molecule has 0 aromatic rings. The van der Waals surface area contributed by atoms with Crippen molar-refractivity contribution in [3.05, 3.63) is 0 Å². The normalized spacial score (nSPS) is 22.5. The van der Waals surface area contributed by atoms with Crippen molar-refractivity contribution in [2.45, 2.75) is 45.6 Å². The van der Waals surface area contributed by atoms with E-state index in [0.29, 0.717) is 6.42 Å². The molecule has 0 radical (unpaired) electrons. The van der Waals surface area contributed by atoms with Crippen LogP contribution >= 0.6 is 0 Å². The van der Waals surface area contributed by atoms with Crippen LogP contribution in [0.2, 0.25) is 0 Å². The Bertz CT molecular complexity index is 241. The zero-order valence-corrected chi connectivity index (χ0v) is 9.58. The molecule has 0 aromatic carbocycles. The second kappa shape index (κ2) is 5.73. The molecule has 0 spiro atoms. The van der Waals surface area contributed by atoms with Crippen molar-refractivity contribution in [3.8, 4) is 0 Å². The summed E-state index contributed by atoms with van der Waals surface area (Å²) in [6, 6.07) is 0.0388. The molecule has 1 rings (SSSR count). The Morgan fingerprint density at radius 1 is 1.40 bits per heavy atom. The minimum absolute atomic E-state index is 0.0196. The maximum atomic E-state index is 11.7. The van der Waals surface area contributed by atoms with Gasteiger partial charge < -0.3 is 10.2 Å². The Balaban J connectivity index is 2.50. The van der Waals surface area contributed by atoms with E-state index in [0.717, 1.165) is 25.8 Å². The lowest BCUT2D eigenvalue weighted by Crippen LogP contribution is -2.40. The van der Waals surface area contributed by atoms with Gasteiger partial charge in [0, 0.05) is 19.0 Å². The molecule has 0 bridgehead atoms. The fourth-order valence-corrected chi connectivity index (χ4v) is 1.85. The average molecular weight is 212 g/mol. The fourth-order valence-electron chi connectivity index (χ4n) is 1.85. The third kappa shape index (κ3) is 3.53. The standard InChI is InChI=1S/C11H20N2O2/c1-3-4-5-6-13-9(2)7-10(14)12-8-11(13)15/h9H,3-8H2,1-2H3,(H,12,14). The molecule has 0 aliphatic carbocycles. The monoisotopic (exact) mass is 212 g/mol. The molecule has 0 aromatic heterocycles. The average Bonchev–Trinajstić information content (AvgIpc) is 2.30. The van der Waals surface area contributed by atoms with E-state index in [1.165, 1.54) is 0 Å². The summed E-state index contributed by atoms with van der Waals surface area (Å²) in [5.41, 5.74) is 0. The second-order valence-electron chi connectivity index (χ2n) is 4.12. The molecule has 4 heteroatoms. The topological polar surface area (TPSA) is 49.4 Å². The lowest BCUT2D eigenvalue weighted by atomic mass is 10.1. The summed E-state index contributed by atoms with van der Waals surface area (Å²) in [5, 5.41) is 2.61. The fraction of sp³-hybridized carbons (Fsp3) is 0.818. The van der Waals surface area contributed by atoms with Crippen LogP contribution in [0.1, 0.15) is 39.5 Å². The maximum Gasteiger partial charge on any atom is 0.242 e. The molecule has 15 heavy (non-hydrogen) atoms. The van der Waals surface area contributed by atoms with Crippen molar-refractivity contribution >= 4 is 11.8 Å². The summed E-state index contributed by atoms with van der Waals surface area (Å²) >= 11 is 0. The molecule has 2 amide bonds. The van der Waals surface area contributed by atoms with Gasteiger partial charge in [-0.1, -0.05) is 19.8 Å². The molecule has 1 heterocycles. The molecular formula is C11H20N2O2. The van der Waals surface area contributed by atoms with Crippen LogP contribution in [-0.4, -0.2) is 35.8 Å². The quantitative estimate of drug-likeness (QED) is 0.704. The van der Waals surface area contributed by atoms with E-state index in [9.17, 15) is 9.59 Å². The van der Waals surface area contributed by atoms with E-state index in [1.807, 2.05) is 11.8 Å². The van der Waals surface area contributed by atoms with Gasteiger partial charge in [0.1, 0.15) is 0 Å². The SMILES string of the molecule is CCCCCN1C(=O)CNC(=O)CC1C. The number of unbranched alkanes of at least 4 members (excludes halogenated alkanes) is 2. The Hall–Kier alpha value is -1.06. The number of carbonyl (C=O) groups is 2. The van der Waals surface area contributed by atoms with E-state index in [2.05, 4.69) is 12.2 Å². The van der Waals surface area contributed by atoms with Crippen LogP contribution in [0.5, 0.6) is 0 Å². The predicted molar refractivity (Wildman–Crippen MR) is 58.3 cm³/mol. The van der Waals surface area contributed by atoms with Gasteiger partial charge in [0.05, 0.1) is 6.54 Å². The predicted octanol–water partition coefficient (Wildman–Crippen LogP) is 0.914.